The highest BCUT2D eigenvalue weighted by Gasteiger charge is 2.21. The molecule has 1 N–H and O–H groups in total. The Bertz CT molecular complexity index is 389. The van der Waals surface area contributed by atoms with Crippen LogP contribution in [0.25, 0.3) is 0 Å². The number of rotatable bonds is 4. The Kier molecular flexibility index (Phi) is 4.88. The van der Waals surface area contributed by atoms with Gasteiger partial charge < -0.3 is 14.6 Å². The molecule has 0 aromatic carbocycles. The number of hydrogen-bond acceptors (Lipinski definition) is 2. The average Bonchev–Trinajstić information content (AvgIpc) is 2.89. The summed E-state index contributed by atoms with van der Waals surface area (Å²) < 4.78 is 5.30. The molecule has 4 heteroatoms. The molecule has 0 radical (unpaired) electrons. The number of carbonyl (C=O) groups is 1. The van der Waals surface area contributed by atoms with E-state index in [-0.39, 0.29) is 12.1 Å². The summed E-state index contributed by atoms with van der Waals surface area (Å²) in [5, 5.41) is 3.08. The summed E-state index contributed by atoms with van der Waals surface area (Å²) in [6.07, 6.45) is 5.81. The summed E-state index contributed by atoms with van der Waals surface area (Å²) in [6, 6.07) is 4.13. The minimum atomic E-state index is 0.0819. The molecule has 0 spiro atoms. The molecule has 0 aliphatic carbocycles. The predicted molar refractivity (Wildman–Crippen MR) is 75.0 cm³/mol. The number of piperidine rings is 1. The fourth-order valence-electron chi connectivity index (χ4n) is 2.56. The second-order valence-electron chi connectivity index (χ2n) is 5.66. The highest BCUT2D eigenvalue weighted by molar-refractivity contribution is 5.74. The van der Waals surface area contributed by atoms with Gasteiger partial charge in [0.05, 0.1) is 6.26 Å². The smallest absolute Gasteiger partial charge is 0.317 e. The maximum absolute atomic E-state index is 12.1. The van der Waals surface area contributed by atoms with Crippen molar-refractivity contribution in [3.8, 4) is 0 Å². The highest BCUT2D eigenvalue weighted by Crippen LogP contribution is 2.15. The van der Waals surface area contributed by atoms with Crippen molar-refractivity contribution in [1.82, 2.24) is 10.2 Å². The zero-order valence-corrected chi connectivity index (χ0v) is 11.9. The highest BCUT2D eigenvalue weighted by atomic mass is 16.3. The second kappa shape index (κ2) is 6.64. The van der Waals surface area contributed by atoms with Gasteiger partial charge in [0.1, 0.15) is 5.76 Å². The van der Waals surface area contributed by atoms with Gasteiger partial charge >= 0.3 is 6.03 Å². The minimum absolute atomic E-state index is 0.0819. The number of carbonyl (C=O) groups excluding carboxylic acids is 1. The summed E-state index contributed by atoms with van der Waals surface area (Å²) in [5.74, 6) is 1.60. The zero-order chi connectivity index (χ0) is 13.7. The van der Waals surface area contributed by atoms with Gasteiger partial charge in [-0.15, -0.1) is 0 Å². The van der Waals surface area contributed by atoms with Crippen molar-refractivity contribution in [2.45, 2.75) is 45.6 Å². The Morgan fingerprint density at radius 2 is 2.47 bits per heavy atom. The average molecular weight is 264 g/mol. The van der Waals surface area contributed by atoms with Crippen LogP contribution in [0, 0.1) is 5.92 Å². The van der Waals surface area contributed by atoms with E-state index in [4.69, 9.17) is 4.42 Å². The Labute approximate surface area is 115 Å². The van der Waals surface area contributed by atoms with E-state index in [9.17, 15) is 4.79 Å². The van der Waals surface area contributed by atoms with Gasteiger partial charge in [0.15, 0.2) is 0 Å². The maximum Gasteiger partial charge on any atom is 0.317 e. The predicted octanol–water partition coefficient (Wildman–Crippen LogP) is 3.04. The summed E-state index contributed by atoms with van der Waals surface area (Å²) in [7, 11) is 0. The van der Waals surface area contributed by atoms with Crippen LogP contribution in [0.15, 0.2) is 22.8 Å². The number of urea groups is 1. The van der Waals surface area contributed by atoms with E-state index in [1.807, 2.05) is 24.0 Å². The molecular formula is C15H24N2O2. The van der Waals surface area contributed by atoms with Gasteiger partial charge in [-0.05, 0) is 44.2 Å². The SMILES string of the molecule is CC1CCCN(C(=O)NC(C)CCc2ccco2)C1. The molecule has 19 heavy (non-hydrogen) atoms. The van der Waals surface area contributed by atoms with Gasteiger partial charge in [0.25, 0.3) is 0 Å². The lowest BCUT2D eigenvalue weighted by Crippen LogP contribution is -2.47. The van der Waals surface area contributed by atoms with Crippen LogP contribution >= 0.6 is 0 Å². The lowest BCUT2D eigenvalue weighted by atomic mass is 10.0. The monoisotopic (exact) mass is 264 g/mol. The number of furan rings is 1. The molecule has 1 saturated heterocycles. The fourth-order valence-corrected chi connectivity index (χ4v) is 2.56. The van der Waals surface area contributed by atoms with Crippen molar-refractivity contribution in [2.75, 3.05) is 13.1 Å². The van der Waals surface area contributed by atoms with Crippen LogP contribution in [0.4, 0.5) is 4.79 Å². The topological polar surface area (TPSA) is 45.5 Å². The molecule has 2 heterocycles. The van der Waals surface area contributed by atoms with Crippen molar-refractivity contribution >= 4 is 6.03 Å². The quantitative estimate of drug-likeness (QED) is 0.908. The van der Waals surface area contributed by atoms with E-state index in [2.05, 4.69) is 12.2 Å². The van der Waals surface area contributed by atoms with Gasteiger partial charge in [-0.25, -0.2) is 4.79 Å². The van der Waals surface area contributed by atoms with Gasteiger partial charge in [-0.2, -0.15) is 0 Å². The number of likely N-dealkylation sites (tertiary alicyclic amines) is 1. The van der Waals surface area contributed by atoms with Gasteiger partial charge in [0.2, 0.25) is 0 Å². The van der Waals surface area contributed by atoms with E-state index in [0.29, 0.717) is 5.92 Å². The lowest BCUT2D eigenvalue weighted by Gasteiger charge is -2.32. The van der Waals surface area contributed by atoms with Crippen LogP contribution in [0.1, 0.15) is 38.9 Å². The first kappa shape index (κ1) is 14.0. The molecule has 2 rings (SSSR count). The van der Waals surface area contributed by atoms with Crippen molar-refractivity contribution < 1.29 is 9.21 Å². The Morgan fingerprint density at radius 1 is 1.63 bits per heavy atom. The normalized spacial score (nSPS) is 21.2. The van der Waals surface area contributed by atoms with Crippen LogP contribution in [0.3, 0.4) is 0 Å². The lowest BCUT2D eigenvalue weighted by molar-refractivity contribution is 0.166. The molecule has 2 amide bonds. The van der Waals surface area contributed by atoms with E-state index in [1.165, 1.54) is 6.42 Å². The number of hydrogen-bond donors (Lipinski definition) is 1. The molecule has 2 atom stereocenters. The van der Waals surface area contributed by atoms with E-state index in [0.717, 1.165) is 38.1 Å². The first-order valence-electron chi connectivity index (χ1n) is 7.23. The van der Waals surface area contributed by atoms with Gasteiger partial charge in [-0.1, -0.05) is 6.92 Å². The number of nitrogens with one attached hydrogen (secondary N) is 1. The maximum atomic E-state index is 12.1. The van der Waals surface area contributed by atoms with Crippen LogP contribution in [-0.2, 0) is 6.42 Å². The molecule has 2 unspecified atom stereocenters. The minimum Gasteiger partial charge on any atom is -0.469 e. The van der Waals surface area contributed by atoms with Crippen LogP contribution in [0.5, 0.6) is 0 Å². The standard InChI is InChI=1S/C15H24N2O2/c1-12-5-3-9-17(11-12)15(18)16-13(2)7-8-14-6-4-10-19-14/h4,6,10,12-13H,3,5,7-9,11H2,1-2H3,(H,16,18). The molecule has 1 aliphatic rings. The van der Waals surface area contributed by atoms with Crippen molar-refractivity contribution in [3.63, 3.8) is 0 Å². The molecular weight excluding hydrogens is 240 g/mol. The van der Waals surface area contributed by atoms with Gasteiger partial charge in [0, 0.05) is 25.6 Å². The number of aryl methyl sites for hydroxylation is 1. The molecule has 1 aliphatic heterocycles. The molecule has 106 valence electrons. The molecule has 1 fully saturated rings. The van der Waals surface area contributed by atoms with Crippen LogP contribution in [-0.4, -0.2) is 30.1 Å². The molecule has 0 saturated carbocycles. The largest absolute Gasteiger partial charge is 0.469 e. The van der Waals surface area contributed by atoms with Gasteiger partial charge in [-0.3, -0.25) is 0 Å². The fraction of sp³-hybridized carbons (Fsp3) is 0.667. The first-order chi connectivity index (χ1) is 9.15. The Balaban J connectivity index is 1.72. The number of nitrogens with zero attached hydrogens (tertiary/aromatic N) is 1. The zero-order valence-electron chi connectivity index (χ0n) is 11.9. The molecule has 1 aromatic rings. The summed E-state index contributed by atoms with van der Waals surface area (Å²) in [4.78, 5) is 14.0. The Morgan fingerprint density at radius 3 is 3.16 bits per heavy atom. The molecule has 0 bridgehead atoms. The molecule has 4 nitrogen and oxygen atoms in total. The van der Waals surface area contributed by atoms with E-state index >= 15 is 0 Å². The summed E-state index contributed by atoms with van der Waals surface area (Å²) >= 11 is 0. The summed E-state index contributed by atoms with van der Waals surface area (Å²) in [6.45, 7) is 6.03. The third-order valence-corrected chi connectivity index (χ3v) is 3.72. The first-order valence-corrected chi connectivity index (χ1v) is 7.23. The molecule has 1 aromatic heterocycles. The summed E-state index contributed by atoms with van der Waals surface area (Å²) in [5.41, 5.74) is 0. The van der Waals surface area contributed by atoms with Crippen molar-refractivity contribution in [3.05, 3.63) is 24.2 Å². The van der Waals surface area contributed by atoms with E-state index in [1.54, 1.807) is 6.26 Å². The van der Waals surface area contributed by atoms with Crippen molar-refractivity contribution in [2.24, 2.45) is 5.92 Å². The Hall–Kier alpha value is -1.45. The van der Waals surface area contributed by atoms with Crippen LogP contribution < -0.4 is 5.32 Å². The van der Waals surface area contributed by atoms with Crippen LogP contribution in [0.2, 0.25) is 0 Å². The second-order valence-corrected chi connectivity index (χ2v) is 5.66. The number of amides is 2. The van der Waals surface area contributed by atoms with E-state index < -0.39 is 0 Å². The third-order valence-electron chi connectivity index (χ3n) is 3.72. The third kappa shape index (κ3) is 4.30. The van der Waals surface area contributed by atoms with Crippen molar-refractivity contribution in [1.29, 1.82) is 0 Å².